The molecule has 4 rings (SSSR count). The third kappa shape index (κ3) is 3.57. The number of rotatable bonds is 7. The number of non-ortho nitro benzene ring substituents is 1. The van der Waals surface area contributed by atoms with E-state index in [1.807, 2.05) is 6.92 Å². The molecule has 1 fully saturated rings. The molecule has 1 atom stereocenters. The molecule has 0 amide bonds. The molecule has 2 heterocycles. The van der Waals surface area contributed by atoms with E-state index in [0.717, 1.165) is 17.5 Å². The molecule has 0 saturated heterocycles. The number of hydrogen-bond donors (Lipinski definition) is 0. The molecule has 1 aliphatic carbocycles. The quantitative estimate of drug-likeness (QED) is 0.340. The molecule has 0 unspecified atom stereocenters. The molecule has 2 aromatic heterocycles. The van der Waals surface area contributed by atoms with Crippen molar-refractivity contribution in [3.8, 4) is 11.5 Å². The molecule has 0 N–H and O–H groups in total. The largest absolute Gasteiger partial charge is 0.419 e. The average molecular weight is 386 g/mol. The molecule has 1 saturated carbocycles. The Balaban J connectivity index is 1.50. The van der Waals surface area contributed by atoms with Crippen LogP contribution >= 0.6 is 11.8 Å². The van der Waals surface area contributed by atoms with Gasteiger partial charge in [0, 0.05) is 30.2 Å². The first kappa shape index (κ1) is 17.7. The molecule has 9 nitrogen and oxygen atoms in total. The number of nitrogens with zero attached hydrogens (tertiary/aromatic N) is 6. The Bertz CT molecular complexity index is 963. The maximum Gasteiger partial charge on any atom is 0.269 e. The highest BCUT2D eigenvalue weighted by Gasteiger charge is 2.30. The van der Waals surface area contributed by atoms with Crippen LogP contribution in [0.2, 0.25) is 0 Å². The van der Waals surface area contributed by atoms with Crippen LogP contribution in [0.15, 0.2) is 33.8 Å². The lowest BCUT2D eigenvalue weighted by Gasteiger charge is -2.09. The molecular weight excluding hydrogens is 368 g/mol. The Morgan fingerprint density at radius 1 is 1.26 bits per heavy atom. The second kappa shape index (κ2) is 7.10. The van der Waals surface area contributed by atoms with Crippen molar-refractivity contribution >= 4 is 17.4 Å². The summed E-state index contributed by atoms with van der Waals surface area (Å²) in [6.07, 6.45) is 2.36. The topological polar surface area (TPSA) is 113 Å². The lowest BCUT2D eigenvalue weighted by molar-refractivity contribution is -0.384. The molecular formula is C17H18N6O3S. The van der Waals surface area contributed by atoms with Gasteiger partial charge in [0.2, 0.25) is 11.8 Å². The van der Waals surface area contributed by atoms with E-state index in [2.05, 4.69) is 31.9 Å². The summed E-state index contributed by atoms with van der Waals surface area (Å²) < 4.78 is 7.92. The number of aromatic nitrogens is 5. The third-order valence-electron chi connectivity index (χ3n) is 4.40. The van der Waals surface area contributed by atoms with E-state index >= 15 is 0 Å². The van der Waals surface area contributed by atoms with Crippen LogP contribution in [0.5, 0.6) is 0 Å². The van der Waals surface area contributed by atoms with E-state index in [0.29, 0.717) is 23.3 Å². The molecule has 0 bridgehead atoms. The second-order valence-corrected chi connectivity index (χ2v) is 7.68. The zero-order chi connectivity index (χ0) is 19.0. The second-order valence-electron chi connectivity index (χ2n) is 6.37. The van der Waals surface area contributed by atoms with Crippen molar-refractivity contribution in [1.29, 1.82) is 0 Å². The minimum absolute atomic E-state index is 0.0211. The molecule has 10 heteroatoms. The summed E-state index contributed by atoms with van der Waals surface area (Å²) >= 11 is 1.53. The molecule has 0 spiro atoms. The summed E-state index contributed by atoms with van der Waals surface area (Å²) in [7, 11) is 0. The van der Waals surface area contributed by atoms with Crippen molar-refractivity contribution in [2.45, 2.75) is 49.6 Å². The van der Waals surface area contributed by atoms with E-state index in [4.69, 9.17) is 4.42 Å². The molecule has 0 aliphatic heterocycles. The first-order valence-electron chi connectivity index (χ1n) is 8.74. The normalized spacial score (nSPS) is 15.0. The zero-order valence-electron chi connectivity index (χ0n) is 14.9. The Morgan fingerprint density at radius 2 is 2.00 bits per heavy atom. The van der Waals surface area contributed by atoms with Crippen molar-refractivity contribution in [1.82, 2.24) is 25.0 Å². The van der Waals surface area contributed by atoms with E-state index in [9.17, 15) is 10.1 Å². The van der Waals surface area contributed by atoms with Crippen LogP contribution in [-0.2, 0) is 6.54 Å². The number of nitro groups is 1. The fourth-order valence-electron chi connectivity index (χ4n) is 2.78. The fourth-order valence-corrected chi connectivity index (χ4v) is 3.73. The molecule has 1 aliphatic rings. The molecule has 140 valence electrons. The van der Waals surface area contributed by atoms with Crippen LogP contribution in [0.25, 0.3) is 11.5 Å². The van der Waals surface area contributed by atoms with E-state index < -0.39 is 4.92 Å². The Labute approximate surface area is 159 Å². The average Bonchev–Trinajstić information content (AvgIpc) is 3.25. The van der Waals surface area contributed by atoms with Gasteiger partial charge in [-0.3, -0.25) is 10.1 Å². The van der Waals surface area contributed by atoms with Gasteiger partial charge in [0.25, 0.3) is 5.69 Å². The lowest BCUT2D eigenvalue weighted by atomic mass is 10.2. The van der Waals surface area contributed by atoms with Crippen molar-refractivity contribution in [2.75, 3.05) is 0 Å². The smallest absolute Gasteiger partial charge is 0.269 e. The number of thioether (sulfide) groups is 1. The van der Waals surface area contributed by atoms with Crippen LogP contribution in [-0.4, -0.2) is 29.9 Å². The predicted molar refractivity (Wildman–Crippen MR) is 98.3 cm³/mol. The standard InChI is InChI=1S/C17H18N6O3S/c1-3-22-14(11-4-5-11)18-21-17(22)27-10(2)15-19-20-16(26-15)12-6-8-13(9-7-12)23(24)25/h6-11H,3-5H2,1-2H3/t10-/m0/s1. The summed E-state index contributed by atoms with van der Waals surface area (Å²) in [5.74, 6) is 2.42. The minimum atomic E-state index is -0.443. The summed E-state index contributed by atoms with van der Waals surface area (Å²) in [5, 5.41) is 28.4. The maximum atomic E-state index is 10.8. The van der Waals surface area contributed by atoms with Gasteiger partial charge in [-0.25, -0.2) is 0 Å². The summed E-state index contributed by atoms with van der Waals surface area (Å²) in [6, 6.07) is 6.03. The third-order valence-corrected chi connectivity index (χ3v) is 5.47. The number of benzene rings is 1. The monoisotopic (exact) mass is 386 g/mol. The Morgan fingerprint density at radius 3 is 2.63 bits per heavy atom. The Kier molecular flexibility index (Phi) is 4.65. The zero-order valence-corrected chi connectivity index (χ0v) is 15.7. The van der Waals surface area contributed by atoms with Crippen LogP contribution in [0.4, 0.5) is 5.69 Å². The van der Waals surface area contributed by atoms with Gasteiger partial charge in [-0.05, 0) is 38.8 Å². The number of nitro benzene ring substituents is 1. The SMILES string of the molecule is CCn1c(S[C@@H](C)c2nnc(-c3ccc([N+](=O)[O-])cc3)o2)nnc1C1CC1. The highest BCUT2D eigenvalue weighted by Crippen LogP contribution is 2.41. The van der Waals surface area contributed by atoms with Crippen LogP contribution in [0.1, 0.15) is 49.6 Å². The summed E-state index contributed by atoms with van der Waals surface area (Å²) in [4.78, 5) is 10.3. The molecule has 3 aromatic rings. The van der Waals surface area contributed by atoms with Gasteiger partial charge < -0.3 is 8.98 Å². The lowest BCUT2D eigenvalue weighted by Crippen LogP contribution is -2.02. The van der Waals surface area contributed by atoms with Gasteiger partial charge in [0.1, 0.15) is 5.82 Å². The highest BCUT2D eigenvalue weighted by molar-refractivity contribution is 7.99. The van der Waals surface area contributed by atoms with Gasteiger partial charge in [0.15, 0.2) is 5.16 Å². The van der Waals surface area contributed by atoms with Crippen molar-refractivity contribution < 1.29 is 9.34 Å². The predicted octanol–water partition coefficient (Wildman–Crippen LogP) is 3.99. The van der Waals surface area contributed by atoms with Crippen molar-refractivity contribution in [3.63, 3.8) is 0 Å². The van der Waals surface area contributed by atoms with Crippen LogP contribution in [0.3, 0.4) is 0 Å². The van der Waals surface area contributed by atoms with E-state index in [1.54, 1.807) is 12.1 Å². The first-order valence-corrected chi connectivity index (χ1v) is 9.62. The van der Waals surface area contributed by atoms with Gasteiger partial charge in [-0.2, -0.15) is 0 Å². The van der Waals surface area contributed by atoms with Gasteiger partial charge in [-0.1, -0.05) is 11.8 Å². The van der Waals surface area contributed by atoms with Gasteiger partial charge in [0.05, 0.1) is 10.2 Å². The van der Waals surface area contributed by atoms with Crippen molar-refractivity contribution in [2.24, 2.45) is 0 Å². The minimum Gasteiger partial charge on any atom is -0.419 e. The highest BCUT2D eigenvalue weighted by atomic mass is 32.2. The number of hydrogen-bond acceptors (Lipinski definition) is 8. The van der Waals surface area contributed by atoms with Crippen LogP contribution in [0, 0.1) is 10.1 Å². The maximum absolute atomic E-state index is 10.8. The Hall–Kier alpha value is -2.75. The van der Waals surface area contributed by atoms with Gasteiger partial charge >= 0.3 is 0 Å². The summed E-state index contributed by atoms with van der Waals surface area (Å²) in [5.41, 5.74) is 0.664. The molecule has 1 aromatic carbocycles. The van der Waals surface area contributed by atoms with E-state index in [1.165, 1.54) is 36.7 Å². The van der Waals surface area contributed by atoms with Crippen LogP contribution < -0.4 is 0 Å². The summed E-state index contributed by atoms with van der Waals surface area (Å²) in [6.45, 7) is 4.89. The fraction of sp³-hybridized carbons (Fsp3) is 0.412. The first-order chi connectivity index (χ1) is 13.1. The van der Waals surface area contributed by atoms with Crippen molar-refractivity contribution in [3.05, 3.63) is 46.1 Å². The molecule has 0 radical (unpaired) electrons. The van der Waals surface area contributed by atoms with E-state index in [-0.39, 0.29) is 10.9 Å². The molecule has 27 heavy (non-hydrogen) atoms. The van der Waals surface area contributed by atoms with Gasteiger partial charge in [-0.15, -0.1) is 20.4 Å².